The van der Waals surface area contributed by atoms with Crippen LogP contribution >= 0.6 is 0 Å². The highest BCUT2D eigenvalue weighted by Gasteiger charge is 2.34. The average molecular weight is 473 g/mol. The zero-order valence-corrected chi connectivity index (χ0v) is 20.8. The molecule has 2 aromatic carbocycles. The van der Waals surface area contributed by atoms with Gasteiger partial charge in [0.05, 0.1) is 12.6 Å². The third kappa shape index (κ3) is 5.86. The smallest absolute Gasteiger partial charge is 0.410 e. The normalized spacial score (nSPS) is 15.1. The molecule has 1 aliphatic carbocycles. The van der Waals surface area contributed by atoms with E-state index in [1.165, 1.54) is 17.0 Å². The molecular weight excluding hydrogens is 440 g/mol. The molecule has 1 aliphatic rings. The van der Waals surface area contributed by atoms with Crippen molar-refractivity contribution in [3.05, 3.63) is 77.0 Å². The van der Waals surface area contributed by atoms with E-state index in [2.05, 4.69) is 29.2 Å². The van der Waals surface area contributed by atoms with Crippen molar-refractivity contribution < 1.29 is 19.1 Å². The molecular formula is C29H32N2O4. The number of hydrogen-bond donors (Lipinski definition) is 1. The number of para-hydroxylation sites is 1. The molecule has 0 bridgehead atoms. The van der Waals surface area contributed by atoms with E-state index in [0.717, 1.165) is 35.0 Å². The van der Waals surface area contributed by atoms with E-state index < -0.39 is 5.60 Å². The quantitative estimate of drug-likeness (QED) is 0.348. The van der Waals surface area contributed by atoms with Gasteiger partial charge in [0.25, 0.3) is 0 Å². The minimum Gasteiger partial charge on any atom is -0.463 e. The van der Waals surface area contributed by atoms with Crippen molar-refractivity contribution >= 4 is 29.0 Å². The van der Waals surface area contributed by atoms with Crippen molar-refractivity contribution in [3.8, 4) is 0 Å². The lowest BCUT2D eigenvalue weighted by molar-refractivity contribution is -0.137. The summed E-state index contributed by atoms with van der Waals surface area (Å²) in [4.78, 5) is 30.1. The van der Waals surface area contributed by atoms with Crippen LogP contribution in [-0.2, 0) is 27.1 Å². The zero-order valence-electron chi connectivity index (χ0n) is 20.8. The predicted octanol–water partition coefficient (Wildman–Crippen LogP) is 5.81. The number of aromatic amines is 1. The summed E-state index contributed by atoms with van der Waals surface area (Å²) in [6.45, 7) is 8.29. The average Bonchev–Trinajstić information content (AvgIpc) is 3.41. The largest absolute Gasteiger partial charge is 0.463 e. The Hall–Kier alpha value is -3.72. The molecule has 35 heavy (non-hydrogen) atoms. The molecule has 0 saturated carbocycles. The van der Waals surface area contributed by atoms with E-state index in [-0.39, 0.29) is 18.1 Å². The fraction of sp³-hybridized carbons (Fsp3) is 0.379. The highest BCUT2D eigenvalue weighted by molar-refractivity contribution is 5.87. The van der Waals surface area contributed by atoms with Crippen molar-refractivity contribution in [2.24, 2.45) is 0 Å². The van der Waals surface area contributed by atoms with Crippen LogP contribution in [0.15, 0.2) is 42.6 Å². The van der Waals surface area contributed by atoms with E-state index in [1.807, 2.05) is 50.1 Å². The monoisotopic (exact) mass is 472 g/mol. The number of hydrogen-bond acceptors (Lipinski definition) is 4. The first-order valence-electron chi connectivity index (χ1n) is 12.1. The van der Waals surface area contributed by atoms with Gasteiger partial charge in [-0.15, -0.1) is 0 Å². The number of nitrogens with zero attached hydrogens (tertiary/aromatic N) is 1. The van der Waals surface area contributed by atoms with Crippen LogP contribution in [0, 0.1) is 12.1 Å². The summed E-state index contributed by atoms with van der Waals surface area (Å²) in [5.74, 6) is -0.382. The van der Waals surface area contributed by atoms with Crippen molar-refractivity contribution in [1.82, 2.24) is 9.88 Å². The summed E-state index contributed by atoms with van der Waals surface area (Å²) in [7, 11) is 0. The van der Waals surface area contributed by atoms with E-state index in [4.69, 9.17) is 9.47 Å². The highest BCUT2D eigenvalue weighted by atomic mass is 16.6. The Morgan fingerprint density at radius 1 is 1.23 bits per heavy atom. The minimum atomic E-state index is -0.588. The van der Waals surface area contributed by atoms with Crippen LogP contribution in [0.25, 0.3) is 17.0 Å². The van der Waals surface area contributed by atoms with Gasteiger partial charge in [0.15, 0.2) is 0 Å². The number of fused-ring (bicyclic) bond motifs is 2. The Morgan fingerprint density at radius 2 is 2.03 bits per heavy atom. The molecule has 1 N–H and O–H groups in total. The van der Waals surface area contributed by atoms with Gasteiger partial charge in [0.1, 0.15) is 5.60 Å². The van der Waals surface area contributed by atoms with Crippen LogP contribution in [-0.4, -0.2) is 40.7 Å². The maximum absolute atomic E-state index is 13.3. The maximum Gasteiger partial charge on any atom is 0.410 e. The Bertz CT molecular complexity index is 1230. The van der Waals surface area contributed by atoms with Crippen LogP contribution in [0.1, 0.15) is 62.4 Å². The first kappa shape index (κ1) is 24.4. The Balaban J connectivity index is 1.56. The molecule has 1 aromatic heterocycles. The first-order valence-corrected chi connectivity index (χ1v) is 12.1. The number of carbonyl (C=O) groups is 2. The predicted molar refractivity (Wildman–Crippen MR) is 136 cm³/mol. The van der Waals surface area contributed by atoms with Crippen LogP contribution in [0.2, 0.25) is 0 Å². The number of amides is 1. The van der Waals surface area contributed by atoms with Crippen molar-refractivity contribution in [2.45, 2.75) is 58.6 Å². The van der Waals surface area contributed by atoms with Gasteiger partial charge in [-0.05, 0) is 76.3 Å². The third-order valence-electron chi connectivity index (χ3n) is 6.02. The molecule has 0 fully saturated rings. The molecule has 0 saturated heterocycles. The third-order valence-corrected chi connectivity index (χ3v) is 6.02. The zero-order chi connectivity index (χ0) is 25.0. The number of aryl methyl sites for hydroxylation is 1. The molecule has 182 valence electrons. The molecule has 1 atom stereocenters. The number of nitrogens with one attached hydrogen (secondary N) is 1. The molecule has 1 heterocycles. The molecule has 4 rings (SSSR count). The Morgan fingerprint density at radius 3 is 2.80 bits per heavy atom. The fourth-order valence-electron chi connectivity index (χ4n) is 4.49. The number of esters is 1. The summed E-state index contributed by atoms with van der Waals surface area (Å²) in [6.07, 6.45) is 7.09. The van der Waals surface area contributed by atoms with Crippen molar-refractivity contribution in [2.75, 3.05) is 13.2 Å². The van der Waals surface area contributed by atoms with Crippen LogP contribution in [0.4, 0.5) is 4.79 Å². The van der Waals surface area contributed by atoms with Gasteiger partial charge in [-0.3, -0.25) is 0 Å². The molecule has 0 radical (unpaired) electrons. The van der Waals surface area contributed by atoms with Gasteiger partial charge < -0.3 is 19.4 Å². The van der Waals surface area contributed by atoms with E-state index in [9.17, 15) is 9.59 Å². The van der Waals surface area contributed by atoms with Gasteiger partial charge in [-0.1, -0.05) is 30.3 Å². The molecule has 0 spiro atoms. The second kappa shape index (κ2) is 10.3. The summed E-state index contributed by atoms with van der Waals surface area (Å²) in [5, 5.41) is 1.17. The SMILES string of the molecule is CCOC(=O)/C=C/c1c#cc2c(c1)CCC2N(CCc1c[nH]c2ccccc12)C(=O)OC(C)(C)C. The lowest BCUT2D eigenvalue weighted by Crippen LogP contribution is -2.39. The number of H-pyrrole nitrogens is 1. The second-order valence-corrected chi connectivity index (χ2v) is 9.71. The molecule has 1 amide bonds. The number of benzene rings is 1. The van der Waals surface area contributed by atoms with E-state index >= 15 is 0 Å². The summed E-state index contributed by atoms with van der Waals surface area (Å²) in [5.41, 5.74) is 4.50. The number of aromatic nitrogens is 1. The standard InChI is InChI=1S/C29H32N2O4/c1-5-34-27(32)15-11-20-10-13-24-21(18-20)12-14-26(24)31(28(33)35-29(2,3)4)17-16-22-19-30-25-9-7-6-8-23(22)25/h6-9,11,15,18-19,26,30H,5,12,14,16-17H2,1-4H3/b15-11+. The van der Waals surface area contributed by atoms with E-state index in [1.54, 1.807) is 13.0 Å². The second-order valence-electron chi connectivity index (χ2n) is 9.71. The van der Waals surface area contributed by atoms with Gasteiger partial charge in [-0.2, -0.15) is 0 Å². The van der Waals surface area contributed by atoms with Gasteiger partial charge in [-0.25, -0.2) is 9.59 Å². The van der Waals surface area contributed by atoms with Crippen LogP contribution in [0.3, 0.4) is 0 Å². The maximum atomic E-state index is 13.3. The fourth-order valence-corrected chi connectivity index (χ4v) is 4.49. The Labute approximate surface area is 206 Å². The van der Waals surface area contributed by atoms with Crippen molar-refractivity contribution in [1.29, 1.82) is 0 Å². The first-order chi connectivity index (χ1) is 16.7. The molecule has 6 nitrogen and oxygen atoms in total. The van der Waals surface area contributed by atoms with Crippen LogP contribution < -0.4 is 0 Å². The minimum absolute atomic E-state index is 0.135. The van der Waals surface area contributed by atoms with E-state index in [0.29, 0.717) is 19.6 Å². The molecule has 6 heteroatoms. The Kier molecular flexibility index (Phi) is 7.16. The molecule has 1 unspecified atom stereocenters. The molecule has 3 aromatic rings. The lowest BCUT2D eigenvalue weighted by Gasteiger charge is -2.31. The summed E-state index contributed by atoms with van der Waals surface area (Å²) in [6, 6.07) is 16.4. The van der Waals surface area contributed by atoms with Crippen LogP contribution in [0.5, 0.6) is 0 Å². The van der Waals surface area contributed by atoms with Gasteiger partial charge in [0.2, 0.25) is 0 Å². The molecule has 0 aliphatic heterocycles. The number of ether oxygens (including phenoxy) is 2. The summed E-state index contributed by atoms with van der Waals surface area (Å²) < 4.78 is 10.7. The van der Waals surface area contributed by atoms with Crippen molar-refractivity contribution in [3.63, 3.8) is 0 Å². The highest BCUT2D eigenvalue weighted by Crippen LogP contribution is 2.36. The van der Waals surface area contributed by atoms with Gasteiger partial charge in [0, 0.05) is 40.8 Å². The summed E-state index contributed by atoms with van der Waals surface area (Å²) >= 11 is 0. The topological polar surface area (TPSA) is 71.6 Å². The number of carbonyl (C=O) groups excluding carboxylic acids is 2. The van der Waals surface area contributed by atoms with Gasteiger partial charge >= 0.3 is 12.1 Å². The lowest BCUT2D eigenvalue weighted by atomic mass is 10.1. The number of rotatable bonds is 7.